The minimum Gasteiger partial charge on any atom is -0.345 e. The molecule has 25 heavy (non-hydrogen) atoms. The van der Waals surface area contributed by atoms with Crippen LogP contribution in [-0.4, -0.2) is 21.8 Å². The van der Waals surface area contributed by atoms with Gasteiger partial charge in [-0.3, -0.25) is 9.59 Å². The Morgan fingerprint density at radius 3 is 2.48 bits per heavy atom. The van der Waals surface area contributed by atoms with Gasteiger partial charge in [0.05, 0.1) is 28.6 Å². The molecule has 0 fully saturated rings. The smallest absolute Gasteiger partial charge is 0.345 e. The number of alkyl halides is 3. The summed E-state index contributed by atoms with van der Waals surface area (Å²) < 4.78 is 38.7. The summed E-state index contributed by atoms with van der Waals surface area (Å²) in [7, 11) is 0. The first-order valence-electron chi connectivity index (χ1n) is 7.06. The molecule has 0 aliphatic carbocycles. The van der Waals surface area contributed by atoms with Gasteiger partial charge in [-0.05, 0) is 30.3 Å². The molecular weight excluding hydrogens is 337 g/mol. The molecule has 3 rings (SSSR count). The summed E-state index contributed by atoms with van der Waals surface area (Å²) in [6.07, 6.45) is -3.18. The van der Waals surface area contributed by atoms with Crippen molar-refractivity contribution in [2.45, 2.75) is 6.18 Å². The number of rotatable bonds is 2. The van der Waals surface area contributed by atoms with Gasteiger partial charge in [-0.2, -0.15) is 13.2 Å². The first kappa shape index (κ1) is 16.5. The van der Waals surface area contributed by atoms with E-state index in [1.807, 2.05) is 5.32 Å². The summed E-state index contributed by atoms with van der Waals surface area (Å²) >= 11 is 0. The number of halogens is 3. The summed E-state index contributed by atoms with van der Waals surface area (Å²) in [5, 5.41) is 4.30. The van der Waals surface area contributed by atoms with E-state index in [9.17, 15) is 22.8 Å². The van der Waals surface area contributed by atoms with Crippen LogP contribution in [0.3, 0.4) is 0 Å². The predicted octanol–water partition coefficient (Wildman–Crippen LogP) is 3.16. The molecule has 0 unspecified atom stereocenters. The lowest BCUT2D eigenvalue weighted by atomic mass is 10.1. The molecular formula is C16H11F3N4O2. The summed E-state index contributed by atoms with van der Waals surface area (Å²) in [5.41, 5.74) is 0.0948. The lowest BCUT2D eigenvalue weighted by molar-refractivity contribution is -0.137. The zero-order valence-corrected chi connectivity index (χ0v) is 12.5. The van der Waals surface area contributed by atoms with Crippen LogP contribution in [-0.2, 0) is 15.8 Å². The van der Waals surface area contributed by atoms with Gasteiger partial charge in [0, 0.05) is 5.69 Å². The van der Waals surface area contributed by atoms with E-state index in [-0.39, 0.29) is 0 Å². The molecule has 2 aromatic carbocycles. The lowest BCUT2D eigenvalue weighted by Gasteiger charge is -2.13. The predicted molar refractivity (Wildman–Crippen MR) is 84.8 cm³/mol. The number of H-pyrrole nitrogens is 1. The number of carbonyl (C=O) groups is 2. The summed E-state index contributed by atoms with van der Waals surface area (Å²) in [6.45, 7) is 0. The van der Waals surface area contributed by atoms with Gasteiger partial charge in [-0.1, -0.05) is 12.1 Å². The monoisotopic (exact) mass is 348 g/mol. The molecule has 0 saturated heterocycles. The lowest BCUT2D eigenvalue weighted by Crippen LogP contribution is -2.30. The Labute approximate surface area is 139 Å². The van der Waals surface area contributed by atoms with E-state index >= 15 is 0 Å². The molecule has 1 heterocycles. The molecule has 0 bridgehead atoms. The number of amides is 2. The van der Waals surface area contributed by atoms with Crippen molar-refractivity contribution in [3.8, 4) is 0 Å². The van der Waals surface area contributed by atoms with Crippen LogP contribution in [0.15, 0.2) is 48.8 Å². The molecule has 0 spiro atoms. The van der Waals surface area contributed by atoms with Crippen molar-refractivity contribution < 1.29 is 22.8 Å². The Morgan fingerprint density at radius 2 is 1.72 bits per heavy atom. The van der Waals surface area contributed by atoms with Crippen LogP contribution < -0.4 is 10.6 Å². The molecule has 128 valence electrons. The fourth-order valence-corrected chi connectivity index (χ4v) is 2.22. The third-order valence-electron chi connectivity index (χ3n) is 3.37. The number of carbonyl (C=O) groups excluding carboxylic acids is 2. The standard InChI is InChI=1S/C16H11F3N4O2/c17-16(18,19)10-3-1-2-4-11(10)23-15(25)14(24)22-9-5-6-12-13(7-9)21-8-20-12/h1-8H,(H,20,21)(H,22,24)(H,23,25). The van der Waals surface area contributed by atoms with Crippen molar-refractivity contribution in [3.05, 3.63) is 54.4 Å². The maximum Gasteiger partial charge on any atom is 0.418 e. The fraction of sp³-hybridized carbons (Fsp3) is 0.0625. The quantitative estimate of drug-likeness (QED) is 0.622. The molecule has 0 aliphatic heterocycles. The van der Waals surface area contributed by atoms with Gasteiger partial charge in [0.2, 0.25) is 0 Å². The number of aromatic nitrogens is 2. The number of nitrogens with one attached hydrogen (secondary N) is 3. The number of imidazole rings is 1. The van der Waals surface area contributed by atoms with E-state index in [0.29, 0.717) is 16.7 Å². The third kappa shape index (κ3) is 3.60. The van der Waals surface area contributed by atoms with Crippen LogP contribution >= 0.6 is 0 Å². The van der Waals surface area contributed by atoms with Crippen LogP contribution in [0.2, 0.25) is 0 Å². The average molecular weight is 348 g/mol. The van der Waals surface area contributed by atoms with E-state index in [0.717, 1.165) is 12.1 Å². The Balaban J connectivity index is 1.74. The highest BCUT2D eigenvalue weighted by Crippen LogP contribution is 2.34. The molecule has 0 radical (unpaired) electrons. The van der Waals surface area contributed by atoms with E-state index in [2.05, 4.69) is 15.3 Å². The first-order chi connectivity index (χ1) is 11.8. The summed E-state index contributed by atoms with van der Waals surface area (Å²) in [4.78, 5) is 30.7. The molecule has 1 aromatic heterocycles. The van der Waals surface area contributed by atoms with Crippen LogP contribution in [0.5, 0.6) is 0 Å². The molecule has 9 heteroatoms. The zero-order valence-electron chi connectivity index (χ0n) is 12.5. The number of fused-ring (bicyclic) bond motifs is 1. The Hall–Kier alpha value is -3.36. The number of nitrogens with zero attached hydrogens (tertiary/aromatic N) is 1. The topological polar surface area (TPSA) is 86.9 Å². The van der Waals surface area contributed by atoms with Crippen molar-refractivity contribution in [1.82, 2.24) is 9.97 Å². The van der Waals surface area contributed by atoms with Gasteiger partial charge >= 0.3 is 18.0 Å². The SMILES string of the molecule is O=C(Nc1ccc2nc[nH]c2c1)C(=O)Nc1ccccc1C(F)(F)F. The second-order valence-electron chi connectivity index (χ2n) is 5.09. The molecule has 2 amide bonds. The normalized spacial score (nSPS) is 11.3. The van der Waals surface area contributed by atoms with Crippen LogP contribution in [0, 0.1) is 0 Å². The maximum atomic E-state index is 12.9. The molecule has 0 aliphatic rings. The number of hydrogen-bond acceptors (Lipinski definition) is 3. The highest BCUT2D eigenvalue weighted by Gasteiger charge is 2.34. The molecule has 3 N–H and O–H groups in total. The van der Waals surface area contributed by atoms with Crippen LogP contribution in [0.4, 0.5) is 24.5 Å². The van der Waals surface area contributed by atoms with Crippen LogP contribution in [0.1, 0.15) is 5.56 Å². The Morgan fingerprint density at radius 1 is 1.00 bits per heavy atom. The van der Waals surface area contributed by atoms with Gasteiger partial charge in [-0.15, -0.1) is 0 Å². The molecule has 0 atom stereocenters. The van der Waals surface area contributed by atoms with Gasteiger partial charge < -0.3 is 15.6 Å². The van der Waals surface area contributed by atoms with Crippen molar-refractivity contribution in [1.29, 1.82) is 0 Å². The Kier molecular flexibility index (Phi) is 4.14. The van der Waals surface area contributed by atoms with E-state index in [1.165, 1.54) is 24.5 Å². The van der Waals surface area contributed by atoms with Crippen molar-refractivity contribution in [3.63, 3.8) is 0 Å². The van der Waals surface area contributed by atoms with Gasteiger partial charge in [-0.25, -0.2) is 4.98 Å². The minimum absolute atomic E-state index is 0.306. The van der Waals surface area contributed by atoms with E-state index < -0.39 is 29.2 Å². The second-order valence-corrected chi connectivity index (χ2v) is 5.09. The van der Waals surface area contributed by atoms with Crippen molar-refractivity contribution in [2.24, 2.45) is 0 Å². The Bertz CT molecular complexity index is 950. The van der Waals surface area contributed by atoms with Gasteiger partial charge in [0.15, 0.2) is 0 Å². The minimum atomic E-state index is -4.65. The number of benzene rings is 2. The summed E-state index contributed by atoms with van der Waals surface area (Å²) in [6, 6.07) is 9.12. The maximum absolute atomic E-state index is 12.9. The van der Waals surface area contributed by atoms with E-state index in [4.69, 9.17) is 0 Å². The number of para-hydroxylation sites is 1. The molecule has 0 saturated carbocycles. The van der Waals surface area contributed by atoms with E-state index in [1.54, 1.807) is 12.1 Å². The number of anilines is 2. The van der Waals surface area contributed by atoms with Gasteiger partial charge in [0.25, 0.3) is 0 Å². The van der Waals surface area contributed by atoms with Crippen molar-refractivity contribution in [2.75, 3.05) is 10.6 Å². The highest BCUT2D eigenvalue weighted by molar-refractivity contribution is 6.43. The highest BCUT2D eigenvalue weighted by atomic mass is 19.4. The summed E-state index contributed by atoms with van der Waals surface area (Å²) in [5.74, 6) is -2.29. The second kappa shape index (κ2) is 6.27. The largest absolute Gasteiger partial charge is 0.418 e. The van der Waals surface area contributed by atoms with Crippen LogP contribution in [0.25, 0.3) is 11.0 Å². The first-order valence-corrected chi connectivity index (χ1v) is 7.06. The third-order valence-corrected chi connectivity index (χ3v) is 3.37. The molecule has 3 aromatic rings. The van der Waals surface area contributed by atoms with Gasteiger partial charge in [0.1, 0.15) is 0 Å². The fourth-order valence-electron chi connectivity index (χ4n) is 2.22. The zero-order chi connectivity index (χ0) is 18.0. The number of aromatic amines is 1. The molecule has 6 nitrogen and oxygen atoms in total. The average Bonchev–Trinajstić information content (AvgIpc) is 3.02. The number of hydrogen-bond donors (Lipinski definition) is 3. The van der Waals surface area contributed by atoms with Crippen molar-refractivity contribution >= 4 is 34.2 Å².